The summed E-state index contributed by atoms with van der Waals surface area (Å²) >= 11 is 0. The number of urea groups is 1. The van der Waals surface area contributed by atoms with E-state index in [0.717, 1.165) is 36.3 Å². The third kappa shape index (κ3) is 3.83. The molecular formula is C24H26F3N3O3. The third-order valence-electron chi connectivity index (χ3n) is 6.97. The number of hydrogen-bond donors (Lipinski definition) is 1. The molecule has 1 aromatic heterocycles. The number of benzene rings is 1. The number of carbonyl (C=O) groups is 3. The van der Waals surface area contributed by atoms with E-state index in [-0.39, 0.29) is 23.1 Å². The van der Waals surface area contributed by atoms with E-state index in [1.54, 1.807) is 24.5 Å². The maximum atomic E-state index is 13.2. The molecule has 1 spiro atoms. The lowest BCUT2D eigenvalue weighted by Gasteiger charge is -2.36. The van der Waals surface area contributed by atoms with Crippen LogP contribution in [0.25, 0.3) is 5.69 Å². The van der Waals surface area contributed by atoms with Gasteiger partial charge in [0, 0.05) is 22.6 Å². The topological polar surface area (TPSA) is 71.4 Å². The van der Waals surface area contributed by atoms with Crippen LogP contribution in [0.5, 0.6) is 0 Å². The van der Waals surface area contributed by atoms with Gasteiger partial charge in [-0.15, -0.1) is 0 Å². The Hall–Kier alpha value is -3.10. The average molecular weight is 461 g/mol. The normalized spacial score (nSPS) is 23.3. The Kier molecular flexibility index (Phi) is 5.62. The Labute approximate surface area is 189 Å². The van der Waals surface area contributed by atoms with Gasteiger partial charge in [0.15, 0.2) is 5.78 Å². The molecule has 33 heavy (non-hydrogen) atoms. The molecule has 0 radical (unpaired) electrons. The lowest BCUT2D eigenvalue weighted by atomic mass is 9.73. The molecule has 1 aliphatic heterocycles. The minimum atomic E-state index is -4.49. The molecule has 2 aromatic rings. The maximum Gasteiger partial charge on any atom is 0.416 e. The summed E-state index contributed by atoms with van der Waals surface area (Å²) in [6, 6.07) is 5.87. The Balaban J connectivity index is 1.61. The summed E-state index contributed by atoms with van der Waals surface area (Å²) in [7, 11) is 0. The molecule has 2 atom stereocenters. The molecule has 2 fully saturated rings. The third-order valence-corrected chi connectivity index (χ3v) is 6.97. The summed E-state index contributed by atoms with van der Waals surface area (Å²) in [6.07, 6.45) is -1.29. The van der Waals surface area contributed by atoms with E-state index in [2.05, 4.69) is 5.32 Å². The highest BCUT2D eigenvalue weighted by molar-refractivity contribution is 6.11. The van der Waals surface area contributed by atoms with Gasteiger partial charge in [-0.2, -0.15) is 13.2 Å². The number of ketones is 1. The van der Waals surface area contributed by atoms with Crippen LogP contribution in [0.15, 0.2) is 30.3 Å². The monoisotopic (exact) mass is 461 g/mol. The summed E-state index contributed by atoms with van der Waals surface area (Å²) < 4.78 is 41.0. The molecule has 3 amide bonds. The molecule has 1 saturated heterocycles. The number of imide groups is 1. The van der Waals surface area contributed by atoms with Gasteiger partial charge in [0.25, 0.3) is 5.91 Å². The standard InChI is InChI=1S/C24H26F3N3O3/c1-14-7-4-5-10-23(14)21(32)29(22(33)28-23)13-20(31)19-11-15(2)30(16(19)3)18-9-6-8-17(12-18)24(25,26)27/h6,8-9,11-12,14H,4-5,7,10,13H2,1-3H3,(H,28,33). The average Bonchev–Trinajstić information content (AvgIpc) is 3.18. The van der Waals surface area contributed by atoms with Gasteiger partial charge in [-0.1, -0.05) is 25.8 Å². The summed E-state index contributed by atoms with van der Waals surface area (Å²) in [4.78, 5) is 39.9. The second kappa shape index (κ2) is 8.04. The molecule has 1 N–H and O–H groups in total. The minimum absolute atomic E-state index is 0.0197. The predicted octanol–water partition coefficient (Wildman–Crippen LogP) is 4.80. The second-order valence-corrected chi connectivity index (χ2v) is 9.03. The molecule has 9 heteroatoms. The first-order chi connectivity index (χ1) is 15.5. The van der Waals surface area contributed by atoms with Crippen LogP contribution >= 0.6 is 0 Å². The predicted molar refractivity (Wildman–Crippen MR) is 115 cm³/mol. The van der Waals surface area contributed by atoms with E-state index in [1.165, 1.54) is 12.1 Å². The van der Waals surface area contributed by atoms with E-state index in [0.29, 0.717) is 17.8 Å². The number of halogens is 3. The zero-order valence-corrected chi connectivity index (χ0v) is 18.8. The maximum absolute atomic E-state index is 13.2. The van der Waals surface area contributed by atoms with Crippen molar-refractivity contribution >= 4 is 17.7 Å². The molecule has 2 heterocycles. The zero-order valence-electron chi connectivity index (χ0n) is 18.8. The van der Waals surface area contributed by atoms with Crippen LogP contribution in [0.4, 0.5) is 18.0 Å². The molecule has 1 saturated carbocycles. The Morgan fingerprint density at radius 1 is 1.18 bits per heavy atom. The first-order valence-electron chi connectivity index (χ1n) is 11.0. The number of aryl methyl sites for hydroxylation is 1. The molecule has 1 aromatic carbocycles. The SMILES string of the molecule is Cc1cc(C(=O)CN2C(=O)NC3(CCCCC3C)C2=O)c(C)n1-c1cccc(C(F)(F)F)c1. The van der Waals surface area contributed by atoms with Gasteiger partial charge in [0.2, 0.25) is 0 Å². The number of alkyl halides is 3. The van der Waals surface area contributed by atoms with Crippen molar-refractivity contribution in [1.82, 2.24) is 14.8 Å². The number of rotatable bonds is 4. The van der Waals surface area contributed by atoms with Gasteiger partial charge in [0.05, 0.1) is 12.1 Å². The van der Waals surface area contributed by atoms with E-state index in [4.69, 9.17) is 0 Å². The van der Waals surface area contributed by atoms with Gasteiger partial charge in [-0.25, -0.2) is 4.79 Å². The molecule has 0 bridgehead atoms. The zero-order chi connectivity index (χ0) is 24.1. The number of nitrogens with one attached hydrogen (secondary N) is 1. The number of hydrogen-bond acceptors (Lipinski definition) is 3. The van der Waals surface area contributed by atoms with Crippen LogP contribution in [0.2, 0.25) is 0 Å². The summed E-state index contributed by atoms with van der Waals surface area (Å²) in [5.41, 5.74) is -0.169. The summed E-state index contributed by atoms with van der Waals surface area (Å²) in [6.45, 7) is 4.85. The lowest BCUT2D eigenvalue weighted by Crippen LogP contribution is -2.54. The first kappa shape index (κ1) is 23.1. The fourth-order valence-electron chi connectivity index (χ4n) is 5.13. The Bertz CT molecular complexity index is 1140. The number of carbonyl (C=O) groups excluding carboxylic acids is 3. The van der Waals surface area contributed by atoms with Crippen LogP contribution in [0, 0.1) is 19.8 Å². The van der Waals surface area contributed by atoms with Crippen LogP contribution in [-0.2, 0) is 11.0 Å². The van der Waals surface area contributed by atoms with Crippen LogP contribution in [0.1, 0.15) is 59.9 Å². The van der Waals surface area contributed by atoms with Crippen LogP contribution in [-0.4, -0.2) is 39.3 Å². The minimum Gasteiger partial charge on any atom is -0.323 e. The Morgan fingerprint density at radius 3 is 2.58 bits per heavy atom. The summed E-state index contributed by atoms with van der Waals surface area (Å²) in [5.74, 6) is -0.834. The number of aromatic nitrogens is 1. The highest BCUT2D eigenvalue weighted by atomic mass is 19.4. The van der Waals surface area contributed by atoms with Crippen LogP contribution < -0.4 is 5.32 Å². The second-order valence-electron chi connectivity index (χ2n) is 9.03. The van der Waals surface area contributed by atoms with Crippen molar-refractivity contribution in [3.05, 3.63) is 52.8 Å². The molecule has 6 nitrogen and oxygen atoms in total. The van der Waals surface area contributed by atoms with Crippen molar-refractivity contribution in [3.8, 4) is 5.69 Å². The van der Waals surface area contributed by atoms with Crippen molar-refractivity contribution < 1.29 is 27.6 Å². The highest BCUT2D eigenvalue weighted by Gasteiger charge is 2.55. The lowest BCUT2D eigenvalue weighted by molar-refractivity contribution is -0.137. The van der Waals surface area contributed by atoms with Gasteiger partial charge in [0.1, 0.15) is 5.54 Å². The van der Waals surface area contributed by atoms with Gasteiger partial charge >= 0.3 is 12.2 Å². The van der Waals surface area contributed by atoms with Crippen molar-refractivity contribution in [2.75, 3.05) is 6.54 Å². The van der Waals surface area contributed by atoms with Gasteiger partial charge in [-0.05, 0) is 56.9 Å². The molecule has 176 valence electrons. The fourth-order valence-corrected chi connectivity index (χ4v) is 5.13. The van der Waals surface area contributed by atoms with Crippen molar-refractivity contribution in [2.45, 2.75) is 58.2 Å². The largest absolute Gasteiger partial charge is 0.416 e. The quantitative estimate of drug-likeness (QED) is 0.525. The molecule has 2 aliphatic rings. The van der Waals surface area contributed by atoms with E-state index < -0.39 is 35.6 Å². The van der Waals surface area contributed by atoms with Crippen LogP contribution in [0.3, 0.4) is 0 Å². The van der Waals surface area contributed by atoms with Gasteiger partial charge < -0.3 is 9.88 Å². The first-order valence-corrected chi connectivity index (χ1v) is 11.0. The molecule has 4 rings (SSSR count). The van der Waals surface area contributed by atoms with Crippen molar-refractivity contribution in [2.24, 2.45) is 5.92 Å². The molecule has 1 aliphatic carbocycles. The van der Waals surface area contributed by atoms with E-state index in [1.807, 2.05) is 6.92 Å². The van der Waals surface area contributed by atoms with Gasteiger partial charge in [-0.3, -0.25) is 14.5 Å². The van der Waals surface area contributed by atoms with E-state index >= 15 is 0 Å². The smallest absolute Gasteiger partial charge is 0.323 e. The summed E-state index contributed by atoms with van der Waals surface area (Å²) in [5, 5.41) is 2.83. The fraction of sp³-hybridized carbons (Fsp3) is 0.458. The highest BCUT2D eigenvalue weighted by Crippen LogP contribution is 2.38. The Morgan fingerprint density at radius 2 is 1.91 bits per heavy atom. The molecular weight excluding hydrogens is 435 g/mol. The number of amides is 3. The van der Waals surface area contributed by atoms with Crippen molar-refractivity contribution in [3.63, 3.8) is 0 Å². The van der Waals surface area contributed by atoms with Crippen molar-refractivity contribution in [1.29, 1.82) is 0 Å². The molecule has 2 unspecified atom stereocenters. The van der Waals surface area contributed by atoms with E-state index in [9.17, 15) is 27.6 Å². The number of nitrogens with zero attached hydrogens (tertiary/aromatic N) is 2. The number of Topliss-reactive ketones (excluding diaryl/α,β-unsaturated/α-hetero) is 1.